The highest BCUT2D eigenvalue weighted by Gasteiger charge is 2.22. The van der Waals surface area contributed by atoms with Crippen LogP contribution in [0.3, 0.4) is 0 Å². The molecule has 0 fully saturated rings. The van der Waals surface area contributed by atoms with E-state index in [9.17, 15) is 9.59 Å². The van der Waals surface area contributed by atoms with Gasteiger partial charge in [0.15, 0.2) is 5.78 Å². The van der Waals surface area contributed by atoms with Crippen LogP contribution >= 0.6 is 15.9 Å². The van der Waals surface area contributed by atoms with E-state index in [0.29, 0.717) is 16.5 Å². The smallest absolute Gasteiger partial charge is 0.419 e. The minimum Gasteiger partial charge on any atom is -0.443 e. The van der Waals surface area contributed by atoms with Gasteiger partial charge in [0.05, 0.1) is 18.0 Å². The standard InChI is InChI=1S/C16H15BrN2O3/c1-16(2,3)22-15(21)19-9-12(14(20)6-7-18)11-8-10(17)4-5-13(11)19/h4-5,8-9H,6H2,1-3H3. The van der Waals surface area contributed by atoms with Crippen LogP contribution in [0.5, 0.6) is 0 Å². The first-order chi connectivity index (χ1) is 10.2. The minimum absolute atomic E-state index is 0.236. The van der Waals surface area contributed by atoms with Gasteiger partial charge in [-0.25, -0.2) is 4.79 Å². The Labute approximate surface area is 136 Å². The van der Waals surface area contributed by atoms with Crippen molar-refractivity contribution < 1.29 is 14.3 Å². The first kappa shape index (κ1) is 16.2. The van der Waals surface area contributed by atoms with Gasteiger partial charge in [-0.1, -0.05) is 15.9 Å². The number of nitrogens with zero attached hydrogens (tertiary/aromatic N) is 2. The van der Waals surface area contributed by atoms with Crippen LogP contribution in [0.1, 0.15) is 37.6 Å². The van der Waals surface area contributed by atoms with Crippen LogP contribution in [0.4, 0.5) is 4.79 Å². The zero-order valence-corrected chi connectivity index (χ0v) is 14.1. The summed E-state index contributed by atoms with van der Waals surface area (Å²) < 4.78 is 7.44. The lowest BCUT2D eigenvalue weighted by atomic mass is 10.1. The molecule has 0 aliphatic carbocycles. The van der Waals surface area contributed by atoms with Crippen molar-refractivity contribution in [3.8, 4) is 6.07 Å². The molecule has 0 radical (unpaired) electrons. The molecule has 114 valence electrons. The zero-order chi connectivity index (χ0) is 16.5. The predicted octanol–water partition coefficient (Wildman–Crippen LogP) is 4.28. The number of carbonyl (C=O) groups is 2. The molecule has 0 N–H and O–H groups in total. The average molecular weight is 363 g/mol. The van der Waals surface area contributed by atoms with Crippen LogP contribution in [-0.4, -0.2) is 22.0 Å². The van der Waals surface area contributed by atoms with Gasteiger partial charge in [0.1, 0.15) is 5.60 Å². The van der Waals surface area contributed by atoms with Crippen LogP contribution in [-0.2, 0) is 4.74 Å². The summed E-state index contributed by atoms with van der Waals surface area (Å²) in [4.78, 5) is 24.4. The van der Waals surface area contributed by atoms with Crippen molar-refractivity contribution in [1.29, 1.82) is 5.26 Å². The number of rotatable bonds is 2. The average Bonchev–Trinajstić information content (AvgIpc) is 2.75. The molecule has 0 saturated heterocycles. The van der Waals surface area contributed by atoms with Gasteiger partial charge in [-0.2, -0.15) is 5.26 Å². The fraction of sp³-hybridized carbons (Fsp3) is 0.312. The highest BCUT2D eigenvalue weighted by atomic mass is 79.9. The largest absolute Gasteiger partial charge is 0.443 e. The number of Topliss-reactive ketones (excluding diaryl/α,β-unsaturated/α-hetero) is 1. The Morgan fingerprint density at radius 1 is 1.36 bits per heavy atom. The number of aromatic nitrogens is 1. The van der Waals surface area contributed by atoms with E-state index in [1.807, 2.05) is 6.07 Å². The number of carbonyl (C=O) groups excluding carboxylic acids is 2. The van der Waals surface area contributed by atoms with E-state index in [2.05, 4.69) is 15.9 Å². The van der Waals surface area contributed by atoms with Crippen LogP contribution in [0.2, 0.25) is 0 Å². The Bertz CT molecular complexity index is 794. The number of fused-ring (bicyclic) bond motifs is 1. The van der Waals surface area contributed by atoms with Crippen LogP contribution in [0, 0.1) is 11.3 Å². The monoisotopic (exact) mass is 362 g/mol. The molecule has 5 nitrogen and oxygen atoms in total. The number of hydrogen-bond donors (Lipinski definition) is 0. The minimum atomic E-state index is -0.639. The highest BCUT2D eigenvalue weighted by Crippen LogP contribution is 2.27. The molecule has 1 aromatic carbocycles. The zero-order valence-electron chi connectivity index (χ0n) is 12.5. The Morgan fingerprint density at radius 3 is 2.64 bits per heavy atom. The van der Waals surface area contributed by atoms with Crippen LogP contribution in [0.15, 0.2) is 28.9 Å². The Hall–Kier alpha value is -2.13. The van der Waals surface area contributed by atoms with Crippen molar-refractivity contribution >= 4 is 38.7 Å². The van der Waals surface area contributed by atoms with Crippen molar-refractivity contribution in [2.75, 3.05) is 0 Å². The third-order valence-electron chi connectivity index (χ3n) is 2.90. The van der Waals surface area contributed by atoms with Crippen molar-refractivity contribution in [1.82, 2.24) is 4.57 Å². The summed E-state index contributed by atoms with van der Waals surface area (Å²) >= 11 is 3.35. The summed E-state index contributed by atoms with van der Waals surface area (Å²) in [7, 11) is 0. The molecule has 0 spiro atoms. The van der Waals surface area contributed by atoms with E-state index in [4.69, 9.17) is 10.00 Å². The van der Waals surface area contributed by atoms with E-state index in [1.165, 1.54) is 10.8 Å². The molecule has 2 aromatic rings. The molecule has 1 heterocycles. The normalized spacial score (nSPS) is 11.2. The maximum Gasteiger partial charge on any atom is 0.419 e. The lowest BCUT2D eigenvalue weighted by Crippen LogP contribution is -2.26. The first-order valence-electron chi connectivity index (χ1n) is 6.67. The van der Waals surface area contributed by atoms with Gasteiger partial charge in [-0.05, 0) is 39.0 Å². The summed E-state index contributed by atoms with van der Waals surface area (Å²) in [5.74, 6) is -0.326. The van der Waals surface area contributed by atoms with E-state index in [-0.39, 0.29) is 12.2 Å². The molecule has 0 saturated carbocycles. The molecule has 6 heteroatoms. The summed E-state index contributed by atoms with van der Waals surface area (Å²) in [5, 5.41) is 9.33. The molecule has 0 atom stereocenters. The molecule has 0 unspecified atom stereocenters. The van der Waals surface area contributed by atoms with Crippen molar-refractivity contribution in [2.24, 2.45) is 0 Å². The highest BCUT2D eigenvalue weighted by molar-refractivity contribution is 9.10. The molecule has 0 amide bonds. The number of halogens is 1. The Kier molecular flexibility index (Phi) is 4.38. The Balaban J connectivity index is 2.59. The van der Waals surface area contributed by atoms with Gasteiger partial charge < -0.3 is 4.74 Å². The second-order valence-corrected chi connectivity index (χ2v) is 6.73. The lowest BCUT2D eigenvalue weighted by molar-refractivity contribution is 0.0544. The fourth-order valence-corrected chi connectivity index (χ4v) is 2.41. The first-order valence-corrected chi connectivity index (χ1v) is 7.46. The summed E-state index contributed by atoms with van der Waals surface area (Å²) in [5.41, 5.74) is 0.266. The summed E-state index contributed by atoms with van der Waals surface area (Å²) in [6, 6.07) is 7.09. The van der Waals surface area contributed by atoms with E-state index >= 15 is 0 Å². The molecule has 2 rings (SSSR count). The van der Waals surface area contributed by atoms with E-state index in [0.717, 1.165) is 4.47 Å². The van der Waals surface area contributed by atoms with Gasteiger partial charge >= 0.3 is 6.09 Å². The Morgan fingerprint density at radius 2 is 2.05 bits per heavy atom. The van der Waals surface area contributed by atoms with E-state index < -0.39 is 11.7 Å². The van der Waals surface area contributed by atoms with Crippen molar-refractivity contribution in [2.45, 2.75) is 32.8 Å². The van der Waals surface area contributed by atoms with Gasteiger partial charge in [0, 0.05) is 21.6 Å². The number of ketones is 1. The molecule has 0 aliphatic rings. The maximum atomic E-state index is 12.3. The number of ether oxygens (including phenoxy) is 1. The molecular weight excluding hydrogens is 348 g/mol. The number of hydrogen-bond acceptors (Lipinski definition) is 4. The second kappa shape index (κ2) is 5.93. The fourth-order valence-electron chi connectivity index (χ4n) is 2.05. The van der Waals surface area contributed by atoms with Gasteiger partial charge in [0.25, 0.3) is 0 Å². The molecule has 1 aromatic heterocycles. The van der Waals surface area contributed by atoms with Gasteiger partial charge in [-0.3, -0.25) is 9.36 Å². The lowest BCUT2D eigenvalue weighted by Gasteiger charge is -2.19. The number of nitriles is 1. The third-order valence-corrected chi connectivity index (χ3v) is 3.39. The quantitative estimate of drug-likeness (QED) is 0.747. The van der Waals surface area contributed by atoms with Crippen molar-refractivity contribution in [3.05, 3.63) is 34.4 Å². The van der Waals surface area contributed by atoms with Crippen molar-refractivity contribution in [3.63, 3.8) is 0 Å². The summed E-state index contributed by atoms with van der Waals surface area (Å²) in [6.07, 6.45) is 0.640. The van der Waals surface area contributed by atoms with Crippen LogP contribution in [0.25, 0.3) is 10.9 Å². The third kappa shape index (κ3) is 3.37. The molecule has 0 aliphatic heterocycles. The second-order valence-electron chi connectivity index (χ2n) is 5.81. The SMILES string of the molecule is CC(C)(C)OC(=O)n1cc(C(=O)CC#N)c2cc(Br)ccc21. The molecular formula is C16H15BrN2O3. The number of benzene rings is 1. The topological polar surface area (TPSA) is 72.1 Å². The van der Waals surface area contributed by atoms with Gasteiger partial charge in [-0.15, -0.1) is 0 Å². The molecule has 0 bridgehead atoms. The molecule has 22 heavy (non-hydrogen) atoms. The van der Waals surface area contributed by atoms with Gasteiger partial charge in [0.2, 0.25) is 0 Å². The van der Waals surface area contributed by atoms with Crippen LogP contribution < -0.4 is 0 Å². The summed E-state index contributed by atoms with van der Waals surface area (Å²) in [6.45, 7) is 5.32. The maximum absolute atomic E-state index is 12.3. The predicted molar refractivity (Wildman–Crippen MR) is 85.8 cm³/mol. The van der Waals surface area contributed by atoms with E-state index in [1.54, 1.807) is 39.0 Å².